The SMILES string of the molecule is C=C(C)C1=C(C)C[C@@]2(C)[C@H](CC(=C)C3CCC3)[C@]3(C)C(=C(C)[C@@]2(C)C1=C)C(=C)c1c(C)cccc1[C@H]3C. The molecule has 196 valence electrons. The summed E-state index contributed by atoms with van der Waals surface area (Å²) >= 11 is 0. The van der Waals surface area contributed by atoms with Gasteiger partial charge in [0.2, 0.25) is 0 Å². The first-order valence-corrected chi connectivity index (χ1v) is 14.5. The van der Waals surface area contributed by atoms with Gasteiger partial charge in [-0.15, -0.1) is 0 Å². The summed E-state index contributed by atoms with van der Waals surface area (Å²) < 4.78 is 0. The predicted octanol–water partition coefficient (Wildman–Crippen LogP) is 10.7. The fourth-order valence-corrected chi connectivity index (χ4v) is 9.57. The minimum Gasteiger partial charge on any atom is -0.0996 e. The Morgan fingerprint density at radius 2 is 1.68 bits per heavy atom. The summed E-state index contributed by atoms with van der Waals surface area (Å²) in [4.78, 5) is 0. The molecule has 1 aromatic rings. The monoisotopic (exact) mass is 492 g/mol. The molecule has 0 unspecified atom stereocenters. The minimum atomic E-state index is -0.164. The summed E-state index contributed by atoms with van der Waals surface area (Å²) in [5.74, 6) is 1.54. The third-order valence-corrected chi connectivity index (χ3v) is 12.1. The maximum atomic E-state index is 4.86. The van der Waals surface area contributed by atoms with E-state index in [0.717, 1.165) is 18.4 Å². The Hall–Kier alpha value is -2.34. The van der Waals surface area contributed by atoms with Gasteiger partial charge in [-0.3, -0.25) is 0 Å². The third kappa shape index (κ3) is 3.14. The molecule has 0 nitrogen and oxygen atoms in total. The van der Waals surface area contributed by atoms with Crippen LogP contribution in [0.15, 0.2) is 83.5 Å². The molecule has 0 saturated heterocycles. The van der Waals surface area contributed by atoms with E-state index in [1.165, 1.54) is 75.0 Å². The molecule has 0 aromatic heterocycles. The normalized spacial score (nSPS) is 35.6. The first-order valence-electron chi connectivity index (χ1n) is 14.5. The van der Waals surface area contributed by atoms with Crippen molar-refractivity contribution >= 4 is 5.57 Å². The summed E-state index contributed by atoms with van der Waals surface area (Å²) in [5, 5.41) is 0. The van der Waals surface area contributed by atoms with Crippen molar-refractivity contribution in [3.63, 3.8) is 0 Å². The Balaban J connectivity index is 1.84. The molecule has 5 rings (SSSR count). The van der Waals surface area contributed by atoms with Gasteiger partial charge in [0.25, 0.3) is 0 Å². The number of fused-ring (bicyclic) bond motifs is 3. The van der Waals surface area contributed by atoms with Gasteiger partial charge in [-0.05, 0) is 116 Å². The lowest BCUT2D eigenvalue weighted by molar-refractivity contribution is -0.0384. The second-order valence-electron chi connectivity index (χ2n) is 13.7. The Kier molecular flexibility index (Phi) is 5.91. The van der Waals surface area contributed by atoms with Gasteiger partial charge in [0.15, 0.2) is 0 Å². The number of rotatable bonds is 4. The second kappa shape index (κ2) is 8.33. The van der Waals surface area contributed by atoms with Crippen molar-refractivity contribution in [2.24, 2.45) is 28.1 Å². The molecule has 1 aromatic carbocycles. The highest BCUT2D eigenvalue weighted by molar-refractivity contribution is 5.87. The van der Waals surface area contributed by atoms with Crippen molar-refractivity contribution in [2.75, 3.05) is 0 Å². The molecule has 0 spiro atoms. The second-order valence-corrected chi connectivity index (χ2v) is 13.7. The zero-order valence-electron chi connectivity index (χ0n) is 24.8. The number of benzene rings is 1. The van der Waals surface area contributed by atoms with E-state index in [9.17, 15) is 0 Å². The average Bonchev–Trinajstić information content (AvgIpc) is 2.77. The molecular formula is C37H48. The highest BCUT2D eigenvalue weighted by atomic mass is 14.7. The average molecular weight is 493 g/mol. The number of allylic oxidation sites excluding steroid dienone is 8. The zero-order chi connectivity index (χ0) is 27.2. The summed E-state index contributed by atoms with van der Waals surface area (Å²) in [7, 11) is 0. The fourth-order valence-electron chi connectivity index (χ4n) is 9.57. The first-order chi connectivity index (χ1) is 17.2. The van der Waals surface area contributed by atoms with Gasteiger partial charge >= 0.3 is 0 Å². The van der Waals surface area contributed by atoms with Crippen LogP contribution in [-0.2, 0) is 0 Å². The molecule has 0 bridgehead atoms. The maximum absolute atomic E-state index is 4.86. The van der Waals surface area contributed by atoms with Crippen molar-refractivity contribution < 1.29 is 0 Å². The molecule has 0 heteroatoms. The molecule has 0 N–H and O–H groups in total. The molecule has 0 radical (unpaired) electrons. The van der Waals surface area contributed by atoms with Gasteiger partial charge in [0, 0.05) is 10.8 Å². The lowest BCUT2D eigenvalue weighted by atomic mass is 9.35. The number of aryl methyl sites for hydroxylation is 1. The van der Waals surface area contributed by atoms with E-state index in [1.807, 2.05) is 0 Å². The van der Waals surface area contributed by atoms with Crippen LogP contribution in [0.1, 0.15) is 103 Å². The topological polar surface area (TPSA) is 0 Å². The Bertz CT molecular complexity index is 1320. The van der Waals surface area contributed by atoms with E-state index >= 15 is 0 Å². The van der Waals surface area contributed by atoms with Crippen molar-refractivity contribution in [3.05, 3.63) is 100 Å². The van der Waals surface area contributed by atoms with Gasteiger partial charge < -0.3 is 0 Å². The molecule has 5 atom stereocenters. The lowest BCUT2D eigenvalue weighted by Gasteiger charge is -2.68. The molecule has 37 heavy (non-hydrogen) atoms. The molecule has 1 saturated carbocycles. The lowest BCUT2D eigenvalue weighted by Crippen LogP contribution is -2.59. The molecule has 0 amide bonds. The van der Waals surface area contributed by atoms with Gasteiger partial charge in [-0.25, -0.2) is 0 Å². The maximum Gasteiger partial charge on any atom is 0.0197 e. The Morgan fingerprint density at radius 3 is 2.24 bits per heavy atom. The molecule has 1 fully saturated rings. The van der Waals surface area contributed by atoms with Crippen LogP contribution in [0, 0.1) is 35.0 Å². The van der Waals surface area contributed by atoms with Crippen LogP contribution in [-0.4, -0.2) is 0 Å². The Labute approximate surface area is 227 Å². The molecule has 4 aliphatic carbocycles. The van der Waals surface area contributed by atoms with Crippen LogP contribution < -0.4 is 0 Å². The van der Waals surface area contributed by atoms with E-state index in [1.54, 1.807) is 0 Å². The smallest absolute Gasteiger partial charge is 0.0197 e. The van der Waals surface area contributed by atoms with E-state index in [2.05, 4.69) is 80.2 Å². The van der Waals surface area contributed by atoms with Crippen LogP contribution in [0.5, 0.6) is 0 Å². The molecule has 0 aliphatic heterocycles. The van der Waals surface area contributed by atoms with Crippen molar-refractivity contribution in [2.45, 2.75) is 93.4 Å². The first kappa shape index (κ1) is 26.3. The zero-order valence-corrected chi connectivity index (χ0v) is 24.8. The van der Waals surface area contributed by atoms with E-state index in [4.69, 9.17) is 19.7 Å². The standard InChI is InChI=1S/C37H48/c1-21(2)32-24(5)20-35(10)31(19-23(4)29-16-14-17-29)36(11)26(7)30-18-13-15-22(3)33(30)25(6)34(36)28(9)37(35,12)27(32)8/h13,15,18,26,29,31H,1,4,6,8,14,16-17,19-20H2,2-3,5,7,9-12H3/t26-,31+,35+,36-,37-/m1/s1. The van der Waals surface area contributed by atoms with Gasteiger partial charge in [-0.2, -0.15) is 0 Å². The summed E-state index contributed by atoms with van der Waals surface area (Å²) in [5.41, 5.74) is 14.9. The van der Waals surface area contributed by atoms with Crippen LogP contribution in [0.2, 0.25) is 0 Å². The third-order valence-electron chi connectivity index (χ3n) is 12.1. The summed E-state index contributed by atoms with van der Waals surface area (Å²) in [6.45, 7) is 38.2. The van der Waals surface area contributed by atoms with E-state index in [-0.39, 0.29) is 16.2 Å². The highest BCUT2D eigenvalue weighted by Crippen LogP contribution is 2.75. The highest BCUT2D eigenvalue weighted by Gasteiger charge is 2.66. The van der Waals surface area contributed by atoms with E-state index in [0.29, 0.717) is 17.8 Å². The van der Waals surface area contributed by atoms with E-state index < -0.39 is 0 Å². The van der Waals surface area contributed by atoms with Crippen LogP contribution in [0.25, 0.3) is 5.57 Å². The van der Waals surface area contributed by atoms with Crippen molar-refractivity contribution in [1.29, 1.82) is 0 Å². The summed E-state index contributed by atoms with van der Waals surface area (Å²) in [6.07, 6.45) is 6.14. The van der Waals surface area contributed by atoms with Gasteiger partial charge in [-0.1, -0.05) is 101 Å². The minimum absolute atomic E-state index is 0.0236. The van der Waals surface area contributed by atoms with Crippen molar-refractivity contribution in [1.82, 2.24) is 0 Å². The van der Waals surface area contributed by atoms with Crippen LogP contribution >= 0.6 is 0 Å². The summed E-state index contributed by atoms with van der Waals surface area (Å²) in [6, 6.07) is 6.87. The number of hydrogen-bond donors (Lipinski definition) is 0. The molecule has 4 aliphatic rings. The Morgan fingerprint density at radius 1 is 1.03 bits per heavy atom. The molecule has 0 heterocycles. The molecular weight excluding hydrogens is 444 g/mol. The largest absolute Gasteiger partial charge is 0.0996 e. The van der Waals surface area contributed by atoms with Crippen LogP contribution in [0.3, 0.4) is 0 Å². The van der Waals surface area contributed by atoms with Crippen molar-refractivity contribution in [3.8, 4) is 0 Å². The number of hydrogen-bond acceptors (Lipinski definition) is 0. The van der Waals surface area contributed by atoms with Gasteiger partial charge in [0.1, 0.15) is 0 Å². The quantitative estimate of drug-likeness (QED) is 0.367. The predicted molar refractivity (Wildman–Crippen MR) is 162 cm³/mol. The van der Waals surface area contributed by atoms with Gasteiger partial charge in [0.05, 0.1) is 0 Å². The fraction of sp³-hybridized carbons (Fsp3) is 0.514. The van der Waals surface area contributed by atoms with Crippen LogP contribution in [0.4, 0.5) is 0 Å².